The van der Waals surface area contributed by atoms with Gasteiger partial charge in [0.2, 0.25) is 0 Å². The van der Waals surface area contributed by atoms with Gasteiger partial charge in [0.15, 0.2) is 0 Å². The molecule has 0 saturated carbocycles. The molecule has 0 fully saturated rings. The topological polar surface area (TPSA) is 12.0 Å². The van der Waals surface area contributed by atoms with Crippen LogP contribution >= 0.6 is 11.6 Å². The van der Waals surface area contributed by atoms with Gasteiger partial charge in [-0.1, -0.05) is 23.7 Å². The van der Waals surface area contributed by atoms with E-state index in [4.69, 9.17) is 11.6 Å². The Hall–Kier alpha value is -0.760. The smallest absolute Gasteiger partial charge is 0.125 e. The Labute approximate surface area is 88.3 Å². The van der Waals surface area contributed by atoms with Gasteiger partial charge in [-0.15, -0.1) is 0 Å². The molecule has 1 aliphatic heterocycles. The Kier molecular flexibility index (Phi) is 2.18. The molecule has 1 N–H and O–H groups in total. The molecule has 1 atom stereocenters. The second-order valence-electron chi connectivity index (χ2n) is 4.24. The summed E-state index contributed by atoms with van der Waals surface area (Å²) in [5.74, 6) is 0. The van der Waals surface area contributed by atoms with Crippen molar-refractivity contribution in [1.29, 1.82) is 0 Å². The molecule has 0 radical (unpaired) electrons. The van der Waals surface area contributed by atoms with Gasteiger partial charge in [0.05, 0.1) is 16.8 Å². The molecule has 0 aliphatic carbocycles. The molecule has 3 heteroatoms. The highest BCUT2D eigenvalue weighted by atomic mass is 35.5. The van der Waals surface area contributed by atoms with Gasteiger partial charge in [0.1, 0.15) is 5.67 Å². The van der Waals surface area contributed by atoms with Gasteiger partial charge in [-0.25, -0.2) is 4.39 Å². The minimum atomic E-state index is -1.22. The van der Waals surface area contributed by atoms with E-state index in [0.717, 1.165) is 11.3 Å². The molecule has 1 nitrogen and oxygen atoms in total. The van der Waals surface area contributed by atoms with E-state index in [9.17, 15) is 4.39 Å². The zero-order valence-electron chi connectivity index (χ0n) is 8.27. The molecule has 0 spiro atoms. The van der Waals surface area contributed by atoms with Crippen molar-refractivity contribution in [1.82, 2.24) is 0 Å². The summed E-state index contributed by atoms with van der Waals surface area (Å²) in [6, 6.07) is 5.54. The van der Waals surface area contributed by atoms with E-state index in [1.807, 2.05) is 18.2 Å². The van der Waals surface area contributed by atoms with E-state index in [1.54, 1.807) is 13.8 Å². The Morgan fingerprint density at radius 3 is 2.79 bits per heavy atom. The predicted molar refractivity (Wildman–Crippen MR) is 57.8 cm³/mol. The summed E-state index contributed by atoms with van der Waals surface area (Å²) >= 11 is 6.00. The van der Waals surface area contributed by atoms with Crippen molar-refractivity contribution in [2.24, 2.45) is 0 Å². The van der Waals surface area contributed by atoms with Gasteiger partial charge < -0.3 is 5.32 Å². The summed E-state index contributed by atoms with van der Waals surface area (Å²) in [5.41, 5.74) is 0.778. The molecule has 0 amide bonds. The third-order valence-electron chi connectivity index (χ3n) is 2.67. The highest BCUT2D eigenvalue weighted by Crippen LogP contribution is 2.36. The van der Waals surface area contributed by atoms with E-state index in [1.165, 1.54) is 0 Å². The highest BCUT2D eigenvalue weighted by Gasteiger charge is 2.34. The van der Waals surface area contributed by atoms with E-state index in [-0.39, 0.29) is 6.04 Å². The molecular formula is C11H13ClFN. The number of anilines is 1. The average molecular weight is 214 g/mol. The second kappa shape index (κ2) is 3.13. The van der Waals surface area contributed by atoms with Crippen LogP contribution in [0.15, 0.2) is 18.2 Å². The monoisotopic (exact) mass is 213 g/mol. The standard InChI is InChI=1S/C11H13ClFN/c1-11(2,13)9-6-7-4-3-5-8(12)10(7)14-9/h3-5,9,14H,6H2,1-2H3. The molecular weight excluding hydrogens is 201 g/mol. The SMILES string of the molecule is CC(C)(F)C1Cc2cccc(Cl)c2N1. The number of hydrogen-bond donors (Lipinski definition) is 1. The third-order valence-corrected chi connectivity index (χ3v) is 2.99. The zero-order chi connectivity index (χ0) is 10.3. The molecule has 1 aromatic rings. The maximum atomic E-state index is 13.7. The lowest BCUT2D eigenvalue weighted by molar-refractivity contribution is 0.187. The van der Waals surface area contributed by atoms with Crippen molar-refractivity contribution in [2.45, 2.75) is 32.0 Å². The minimum absolute atomic E-state index is 0.169. The lowest BCUT2D eigenvalue weighted by atomic mass is 9.98. The van der Waals surface area contributed by atoms with Gasteiger partial charge in [-0.3, -0.25) is 0 Å². The predicted octanol–water partition coefficient (Wildman–Crippen LogP) is 3.42. The second-order valence-corrected chi connectivity index (χ2v) is 4.65. The van der Waals surface area contributed by atoms with E-state index in [2.05, 4.69) is 5.32 Å². The van der Waals surface area contributed by atoms with Crippen LogP contribution in [-0.4, -0.2) is 11.7 Å². The summed E-state index contributed by atoms with van der Waals surface area (Å²) in [6.45, 7) is 3.18. The van der Waals surface area contributed by atoms with Crippen LogP contribution in [0.5, 0.6) is 0 Å². The summed E-state index contributed by atoms with van der Waals surface area (Å²) < 4.78 is 13.7. The first-order valence-corrected chi connectivity index (χ1v) is 5.09. The van der Waals surface area contributed by atoms with Crippen LogP contribution in [0.25, 0.3) is 0 Å². The number of rotatable bonds is 1. The summed E-state index contributed by atoms with van der Waals surface area (Å²) in [7, 11) is 0. The Morgan fingerprint density at radius 1 is 1.50 bits per heavy atom. The van der Waals surface area contributed by atoms with Crippen LogP contribution in [0.1, 0.15) is 19.4 Å². The van der Waals surface area contributed by atoms with Crippen molar-refractivity contribution >= 4 is 17.3 Å². The molecule has 1 aliphatic rings. The summed E-state index contributed by atoms with van der Waals surface area (Å²) in [4.78, 5) is 0. The third kappa shape index (κ3) is 1.59. The number of nitrogens with one attached hydrogen (secondary N) is 1. The Bertz CT molecular complexity index is 357. The maximum absolute atomic E-state index is 13.7. The molecule has 76 valence electrons. The van der Waals surface area contributed by atoms with Crippen molar-refractivity contribution in [3.05, 3.63) is 28.8 Å². The van der Waals surface area contributed by atoms with Crippen LogP contribution in [-0.2, 0) is 6.42 Å². The summed E-state index contributed by atoms with van der Waals surface area (Å²) in [5, 5.41) is 3.81. The van der Waals surface area contributed by atoms with Crippen LogP contribution in [0.4, 0.5) is 10.1 Å². The van der Waals surface area contributed by atoms with Crippen molar-refractivity contribution in [3.63, 3.8) is 0 Å². The first-order chi connectivity index (χ1) is 6.48. The van der Waals surface area contributed by atoms with Gasteiger partial charge >= 0.3 is 0 Å². The van der Waals surface area contributed by atoms with Crippen molar-refractivity contribution in [2.75, 3.05) is 5.32 Å². The molecule has 0 bridgehead atoms. The maximum Gasteiger partial charge on any atom is 0.125 e. The number of hydrogen-bond acceptors (Lipinski definition) is 1. The fourth-order valence-corrected chi connectivity index (χ4v) is 2.01. The fraction of sp³-hybridized carbons (Fsp3) is 0.455. The van der Waals surface area contributed by atoms with Crippen LogP contribution < -0.4 is 5.32 Å². The molecule has 0 aromatic heterocycles. The molecule has 0 saturated heterocycles. The van der Waals surface area contributed by atoms with Crippen LogP contribution in [0.3, 0.4) is 0 Å². The number of benzene rings is 1. The van der Waals surface area contributed by atoms with Gasteiger partial charge in [0.25, 0.3) is 0 Å². The first kappa shape index (κ1) is 9.78. The van der Waals surface area contributed by atoms with E-state index >= 15 is 0 Å². The Morgan fingerprint density at radius 2 is 2.21 bits per heavy atom. The van der Waals surface area contributed by atoms with Crippen molar-refractivity contribution in [3.8, 4) is 0 Å². The average Bonchev–Trinajstić information content (AvgIpc) is 2.48. The number of halogens is 2. The van der Waals surface area contributed by atoms with Crippen LogP contribution in [0, 0.1) is 0 Å². The first-order valence-electron chi connectivity index (χ1n) is 4.71. The zero-order valence-corrected chi connectivity index (χ0v) is 9.03. The number of para-hydroxylation sites is 1. The molecule has 1 aromatic carbocycles. The van der Waals surface area contributed by atoms with Gasteiger partial charge in [-0.2, -0.15) is 0 Å². The van der Waals surface area contributed by atoms with Crippen molar-refractivity contribution < 1.29 is 4.39 Å². The fourth-order valence-electron chi connectivity index (χ4n) is 1.76. The van der Waals surface area contributed by atoms with Crippen LogP contribution in [0.2, 0.25) is 5.02 Å². The largest absolute Gasteiger partial charge is 0.377 e. The van der Waals surface area contributed by atoms with E-state index < -0.39 is 5.67 Å². The molecule has 1 heterocycles. The lowest BCUT2D eigenvalue weighted by Gasteiger charge is -2.23. The summed E-state index contributed by atoms with van der Waals surface area (Å²) in [6.07, 6.45) is 0.708. The molecule has 2 rings (SSSR count). The molecule has 1 unspecified atom stereocenters. The van der Waals surface area contributed by atoms with E-state index in [0.29, 0.717) is 11.4 Å². The number of fused-ring (bicyclic) bond motifs is 1. The molecule has 14 heavy (non-hydrogen) atoms. The van der Waals surface area contributed by atoms with Gasteiger partial charge in [-0.05, 0) is 31.9 Å². The van der Waals surface area contributed by atoms with Gasteiger partial charge in [0, 0.05) is 0 Å². The number of alkyl halides is 1. The quantitative estimate of drug-likeness (QED) is 0.754. The lowest BCUT2D eigenvalue weighted by Crippen LogP contribution is -2.36. The Balaban J connectivity index is 2.31. The minimum Gasteiger partial charge on any atom is -0.377 e. The highest BCUT2D eigenvalue weighted by molar-refractivity contribution is 6.33. The normalized spacial score (nSPS) is 20.4.